The van der Waals surface area contributed by atoms with E-state index in [4.69, 9.17) is 12.6 Å². The van der Waals surface area contributed by atoms with Gasteiger partial charge in [-0.15, -0.1) is 0 Å². The van der Waals surface area contributed by atoms with E-state index in [0.29, 0.717) is 5.25 Å². The van der Waals surface area contributed by atoms with Crippen molar-refractivity contribution in [3.63, 3.8) is 0 Å². The average Bonchev–Trinajstić information content (AvgIpc) is 2.42. The molecular weight excluding hydrogens is 248 g/mol. The van der Waals surface area contributed by atoms with Crippen LogP contribution in [0.4, 0.5) is 0 Å². The zero-order chi connectivity index (χ0) is 14.3. The molecule has 1 heteroatoms. The minimum atomic E-state index is 0.636. The highest BCUT2D eigenvalue weighted by atomic mass is 32.1. The van der Waals surface area contributed by atoms with Gasteiger partial charge in [0.25, 0.3) is 0 Å². The Morgan fingerprint density at radius 1 is 0.632 bits per heavy atom. The molecule has 0 radical (unpaired) electrons. The molecule has 19 heavy (non-hydrogen) atoms. The smallest absolute Gasteiger partial charge is 0.00424 e. The van der Waals surface area contributed by atoms with E-state index in [9.17, 15) is 0 Å². The molecule has 0 rings (SSSR count). The Morgan fingerprint density at radius 2 is 1.05 bits per heavy atom. The zero-order valence-electron chi connectivity index (χ0n) is 13.8. The Bertz CT molecular complexity index is 167. The van der Waals surface area contributed by atoms with Crippen LogP contribution in [0.2, 0.25) is 0 Å². The molecule has 0 N–H and O–H groups in total. The fourth-order valence-electron chi connectivity index (χ4n) is 2.68. The maximum absolute atomic E-state index is 4.81. The van der Waals surface area contributed by atoms with Crippen molar-refractivity contribution in [3.8, 4) is 0 Å². The molecule has 2 atom stereocenters. The van der Waals surface area contributed by atoms with E-state index < -0.39 is 0 Å². The summed E-state index contributed by atoms with van der Waals surface area (Å²) < 4.78 is 0. The normalized spacial score (nSPS) is 14.5. The van der Waals surface area contributed by atoms with Crippen LogP contribution in [-0.2, 0) is 0 Å². The average molecular weight is 287 g/mol. The van der Waals surface area contributed by atoms with Crippen molar-refractivity contribution < 1.29 is 0 Å². The van der Waals surface area contributed by atoms with Gasteiger partial charge in [-0.1, -0.05) is 91.4 Å². The van der Waals surface area contributed by atoms with Crippen LogP contribution in [0, 0.1) is 5.92 Å². The summed E-state index contributed by atoms with van der Waals surface area (Å²) in [6.07, 6.45) is 18.2. The van der Waals surface area contributed by atoms with Crippen molar-refractivity contribution >= 4 is 12.6 Å². The Balaban J connectivity index is 3.33. The molecule has 0 nitrogen and oxygen atoms in total. The van der Waals surface area contributed by atoms with Crippen molar-refractivity contribution in [2.45, 2.75) is 109 Å². The zero-order valence-corrected chi connectivity index (χ0v) is 14.7. The first-order valence-electron chi connectivity index (χ1n) is 8.90. The summed E-state index contributed by atoms with van der Waals surface area (Å²) >= 11 is 4.81. The quantitative estimate of drug-likeness (QED) is 0.257. The third-order valence-electron chi connectivity index (χ3n) is 4.27. The van der Waals surface area contributed by atoms with Gasteiger partial charge in [0.2, 0.25) is 0 Å². The molecule has 0 aliphatic heterocycles. The van der Waals surface area contributed by atoms with E-state index in [1.807, 2.05) is 0 Å². The molecule has 0 bridgehead atoms. The lowest BCUT2D eigenvalue weighted by Crippen LogP contribution is -2.11. The van der Waals surface area contributed by atoms with Gasteiger partial charge in [-0.2, -0.15) is 12.6 Å². The highest BCUT2D eigenvalue weighted by Gasteiger charge is 2.12. The first-order valence-corrected chi connectivity index (χ1v) is 9.42. The monoisotopic (exact) mass is 286 g/mol. The van der Waals surface area contributed by atoms with Crippen LogP contribution in [0.3, 0.4) is 0 Å². The van der Waals surface area contributed by atoms with Gasteiger partial charge in [0.05, 0.1) is 0 Å². The van der Waals surface area contributed by atoms with Gasteiger partial charge in [-0.25, -0.2) is 0 Å². The van der Waals surface area contributed by atoms with Crippen LogP contribution in [0.25, 0.3) is 0 Å². The van der Waals surface area contributed by atoms with Gasteiger partial charge in [0, 0.05) is 5.25 Å². The van der Waals surface area contributed by atoms with E-state index in [0.717, 1.165) is 5.92 Å². The van der Waals surface area contributed by atoms with E-state index in [-0.39, 0.29) is 0 Å². The molecule has 0 amide bonds. The first kappa shape index (κ1) is 19.4. The molecule has 0 aromatic heterocycles. The van der Waals surface area contributed by atoms with Gasteiger partial charge in [0.15, 0.2) is 0 Å². The molecule has 0 heterocycles. The largest absolute Gasteiger partial charge is 0.176 e. The third kappa shape index (κ3) is 13.1. The fourth-order valence-corrected chi connectivity index (χ4v) is 3.01. The van der Waals surface area contributed by atoms with Crippen molar-refractivity contribution in [1.82, 2.24) is 0 Å². The lowest BCUT2D eigenvalue weighted by molar-refractivity contribution is 0.446. The summed E-state index contributed by atoms with van der Waals surface area (Å²) in [4.78, 5) is 0. The molecule has 0 saturated heterocycles. The predicted octanol–water partition coefficient (Wildman–Crippen LogP) is 7.03. The lowest BCUT2D eigenvalue weighted by Gasteiger charge is -2.19. The van der Waals surface area contributed by atoms with E-state index in [2.05, 4.69) is 20.8 Å². The van der Waals surface area contributed by atoms with Crippen LogP contribution < -0.4 is 0 Å². The highest BCUT2D eigenvalue weighted by molar-refractivity contribution is 7.81. The van der Waals surface area contributed by atoms with Crippen molar-refractivity contribution in [1.29, 1.82) is 0 Å². The Kier molecular flexibility index (Phi) is 15.0. The Labute approximate surface area is 128 Å². The lowest BCUT2D eigenvalue weighted by atomic mass is 9.95. The minimum Gasteiger partial charge on any atom is -0.176 e. The molecule has 2 unspecified atom stereocenters. The van der Waals surface area contributed by atoms with Crippen molar-refractivity contribution in [2.24, 2.45) is 5.92 Å². The molecule has 0 aliphatic rings. The van der Waals surface area contributed by atoms with Crippen molar-refractivity contribution in [2.75, 3.05) is 0 Å². The number of hydrogen-bond acceptors (Lipinski definition) is 1. The minimum absolute atomic E-state index is 0.636. The standard InChI is InChI=1S/C18H38S/c1-4-6-8-10-11-12-14-16-18(19)17(3)15-13-9-7-5-2/h17-19H,4-16H2,1-3H3. The Hall–Kier alpha value is 0.350. The summed E-state index contributed by atoms with van der Waals surface area (Å²) in [5, 5.41) is 0.636. The van der Waals surface area contributed by atoms with E-state index >= 15 is 0 Å². The van der Waals surface area contributed by atoms with Gasteiger partial charge >= 0.3 is 0 Å². The summed E-state index contributed by atoms with van der Waals surface area (Å²) in [5.74, 6) is 0.806. The maximum Gasteiger partial charge on any atom is 0.00424 e. The second-order valence-corrected chi connectivity index (χ2v) is 6.97. The molecule has 0 aromatic carbocycles. The molecule has 0 aliphatic carbocycles. The molecular formula is C18H38S. The van der Waals surface area contributed by atoms with Gasteiger partial charge in [-0.3, -0.25) is 0 Å². The van der Waals surface area contributed by atoms with Gasteiger partial charge in [0.1, 0.15) is 0 Å². The van der Waals surface area contributed by atoms with Crippen LogP contribution in [0.15, 0.2) is 0 Å². The number of rotatable bonds is 14. The summed E-state index contributed by atoms with van der Waals surface area (Å²) in [7, 11) is 0. The first-order chi connectivity index (χ1) is 9.22. The maximum atomic E-state index is 4.81. The highest BCUT2D eigenvalue weighted by Crippen LogP contribution is 2.23. The molecule has 0 aromatic rings. The summed E-state index contributed by atoms with van der Waals surface area (Å²) in [6.45, 7) is 6.96. The molecule has 0 saturated carbocycles. The number of hydrogen-bond donors (Lipinski definition) is 1. The number of unbranched alkanes of at least 4 members (excludes halogenated alkanes) is 9. The second-order valence-electron chi connectivity index (χ2n) is 6.30. The van der Waals surface area contributed by atoms with Gasteiger partial charge < -0.3 is 0 Å². The molecule has 0 fully saturated rings. The van der Waals surface area contributed by atoms with E-state index in [1.165, 1.54) is 83.5 Å². The van der Waals surface area contributed by atoms with Crippen LogP contribution in [-0.4, -0.2) is 5.25 Å². The van der Waals surface area contributed by atoms with Crippen molar-refractivity contribution in [3.05, 3.63) is 0 Å². The van der Waals surface area contributed by atoms with Gasteiger partial charge in [-0.05, 0) is 18.8 Å². The third-order valence-corrected chi connectivity index (χ3v) is 5.04. The predicted molar refractivity (Wildman–Crippen MR) is 93.3 cm³/mol. The fraction of sp³-hybridized carbons (Fsp3) is 1.00. The number of thiol groups is 1. The van der Waals surface area contributed by atoms with Crippen LogP contribution >= 0.6 is 12.6 Å². The van der Waals surface area contributed by atoms with Crippen LogP contribution in [0.5, 0.6) is 0 Å². The molecule has 0 spiro atoms. The summed E-state index contributed by atoms with van der Waals surface area (Å²) in [6, 6.07) is 0. The molecule has 116 valence electrons. The summed E-state index contributed by atoms with van der Waals surface area (Å²) in [5.41, 5.74) is 0. The van der Waals surface area contributed by atoms with Crippen LogP contribution in [0.1, 0.15) is 104 Å². The second kappa shape index (κ2) is 14.8. The SMILES string of the molecule is CCCCCCCCCC(S)C(C)CCCCCC. The topological polar surface area (TPSA) is 0 Å². The van der Waals surface area contributed by atoms with E-state index in [1.54, 1.807) is 0 Å². The Morgan fingerprint density at radius 3 is 1.63 bits per heavy atom.